The fourth-order valence-electron chi connectivity index (χ4n) is 9.78. The van der Waals surface area contributed by atoms with E-state index in [-0.39, 0.29) is 0 Å². The summed E-state index contributed by atoms with van der Waals surface area (Å²) < 4.78 is 9.52. The monoisotopic (exact) mass is 818 g/mol. The van der Waals surface area contributed by atoms with Crippen molar-refractivity contribution in [2.45, 2.75) is 6.92 Å². The summed E-state index contributed by atoms with van der Waals surface area (Å²) in [4.78, 5) is 2.47. The van der Waals surface area contributed by atoms with Crippen molar-refractivity contribution in [3.63, 3.8) is 0 Å². The van der Waals surface area contributed by atoms with Gasteiger partial charge in [-0.3, -0.25) is 0 Å². The zero-order valence-electron chi connectivity index (χ0n) is 35.3. The molecule has 2 heterocycles. The third-order valence-electron chi connectivity index (χ3n) is 12.7. The van der Waals surface area contributed by atoms with Gasteiger partial charge in [-0.25, -0.2) is 0 Å². The normalized spacial score (nSPS) is 11.5. The lowest BCUT2D eigenvalue weighted by Gasteiger charge is -2.31. The van der Waals surface area contributed by atoms with E-state index in [2.05, 4.69) is 253 Å². The maximum Gasteiger partial charge on any atom is 0.145 e. The number of nitrogens with zero attached hydrogens (tertiary/aromatic N) is 2. The number of rotatable bonds is 8. The van der Waals surface area contributed by atoms with E-state index in [1.54, 1.807) is 0 Å². The van der Waals surface area contributed by atoms with Gasteiger partial charge in [0.05, 0.1) is 33.5 Å². The van der Waals surface area contributed by atoms with E-state index in [1.165, 1.54) is 38.5 Å². The zero-order chi connectivity index (χ0) is 42.6. The first-order chi connectivity index (χ1) is 31.7. The summed E-state index contributed by atoms with van der Waals surface area (Å²) in [7, 11) is 0. The Bertz CT molecular complexity index is 3620. The minimum atomic E-state index is 0.845. The molecule has 0 fully saturated rings. The van der Waals surface area contributed by atoms with Crippen LogP contribution in [0.1, 0.15) is 5.56 Å². The summed E-state index contributed by atoms with van der Waals surface area (Å²) in [5.41, 5.74) is 18.6. The molecule has 302 valence electrons. The van der Waals surface area contributed by atoms with Crippen LogP contribution in [0.2, 0.25) is 0 Å². The van der Waals surface area contributed by atoms with Gasteiger partial charge in [0.15, 0.2) is 0 Å². The van der Waals surface area contributed by atoms with Gasteiger partial charge in [0.1, 0.15) is 11.2 Å². The van der Waals surface area contributed by atoms with Crippen LogP contribution in [0.5, 0.6) is 0 Å². The quantitative estimate of drug-likeness (QED) is 0.152. The first-order valence-corrected chi connectivity index (χ1v) is 21.9. The van der Waals surface area contributed by atoms with Crippen molar-refractivity contribution < 1.29 is 4.42 Å². The van der Waals surface area contributed by atoms with Crippen LogP contribution in [0.15, 0.2) is 241 Å². The second kappa shape index (κ2) is 15.5. The van der Waals surface area contributed by atoms with Crippen LogP contribution in [0, 0.1) is 6.92 Å². The number of benzene rings is 10. The summed E-state index contributed by atoms with van der Waals surface area (Å²) in [5.74, 6) is 0. The van der Waals surface area contributed by atoms with E-state index >= 15 is 0 Å². The van der Waals surface area contributed by atoms with Gasteiger partial charge < -0.3 is 13.9 Å². The van der Waals surface area contributed by atoms with Gasteiger partial charge in [0.2, 0.25) is 0 Å². The molecule has 0 unspecified atom stereocenters. The van der Waals surface area contributed by atoms with Gasteiger partial charge in [0.25, 0.3) is 0 Å². The Kier molecular flexibility index (Phi) is 9.05. The molecule has 0 N–H and O–H groups in total. The van der Waals surface area contributed by atoms with Crippen molar-refractivity contribution >= 4 is 60.8 Å². The average molecular weight is 819 g/mol. The molecule has 3 nitrogen and oxygen atoms in total. The Morgan fingerprint density at radius 2 is 0.875 bits per heavy atom. The molecule has 3 heteroatoms. The Hall–Kier alpha value is -8.40. The van der Waals surface area contributed by atoms with Crippen LogP contribution in [-0.4, -0.2) is 4.57 Å². The topological polar surface area (TPSA) is 21.3 Å². The second-order valence-corrected chi connectivity index (χ2v) is 16.5. The van der Waals surface area contributed by atoms with Crippen molar-refractivity contribution in [1.82, 2.24) is 4.57 Å². The highest BCUT2D eigenvalue weighted by atomic mass is 16.3. The molecule has 2 aromatic heterocycles. The second-order valence-electron chi connectivity index (χ2n) is 16.5. The third-order valence-corrected chi connectivity index (χ3v) is 12.7. The molecule has 0 aliphatic heterocycles. The first kappa shape index (κ1) is 37.4. The van der Waals surface area contributed by atoms with Crippen LogP contribution in [0.25, 0.3) is 93.9 Å². The number of furan rings is 1. The fraction of sp³-hybridized carbons (Fsp3) is 0.0164. The van der Waals surface area contributed by atoms with Gasteiger partial charge in [0, 0.05) is 38.5 Å². The minimum Gasteiger partial charge on any atom is -0.455 e. The van der Waals surface area contributed by atoms with Crippen molar-refractivity contribution in [1.29, 1.82) is 0 Å². The van der Waals surface area contributed by atoms with Gasteiger partial charge >= 0.3 is 0 Å². The van der Waals surface area contributed by atoms with Crippen LogP contribution in [0.4, 0.5) is 17.1 Å². The van der Waals surface area contributed by atoms with E-state index < -0.39 is 0 Å². The van der Waals surface area contributed by atoms with Crippen LogP contribution in [-0.2, 0) is 0 Å². The SMILES string of the molecule is Cc1cc(-c2ccccc2)ccc1N(c1ccc(-c2ccccc2)cc1-c1ccccc1)c1ccc(-c2ccccc2-n2c3ccccc3c3ccccc32)c2oc3ccccc3c12. The Morgan fingerprint density at radius 3 is 1.53 bits per heavy atom. The number of fused-ring (bicyclic) bond motifs is 6. The lowest BCUT2D eigenvalue weighted by atomic mass is 9.94. The fourth-order valence-corrected chi connectivity index (χ4v) is 9.78. The highest BCUT2D eigenvalue weighted by Gasteiger charge is 2.27. The van der Waals surface area contributed by atoms with Crippen molar-refractivity contribution in [2.24, 2.45) is 0 Å². The molecule has 0 aliphatic rings. The Morgan fingerprint density at radius 1 is 0.359 bits per heavy atom. The van der Waals surface area contributed by atoms with E-state index in [4.69, 9.17) is 4.42 Å². The molecule has 12 aromatic rings. The maximum atomic E-state index is 7.11. The summed E-state index contributed by atoms with van der Waals surface area (Å²) >= 11 is 0. The largest absolute Gasteiger partial charge is 0.455 e. The molecule has 0 aliphatic carbocycles. The molecular formula is C61H42N2O. The van der Waals surface area contributed by atoms with Crippen molar-refractivity contribution in [3.05, 3.63) is 242 Å². The number of aryl methyl sites for hydroxylation is 1. The highest BCUT2D eigenvalue weighted by Crippen LogP contribution is 2.50. The van der Waals surface area contributed by atoms with E-state index in [1.807, 2.05) is 0 Å². The average Bonchev–Trinajstić information content (AvgIpc) is 3.92. The van der Waals surface area contributed by atoms with Gasteiger partial charge in [-0.2, -0.15) is 0 Å². The number of hydrogen-bond acceptors (Lipinski definition) is 2. The predicted octanol–water partition coefficient (Wildman–Crippen LogP) is 17.1. The smallest absolute Gasteiger partial charge is 0.145 e. The third kappa shape index (κ3) is 6.20. The molecule has 12 rings (SSSR count). The van der Waals surface area contributed by atoms with E-state index in [0.717, 1.165) is 78.1 Å². The van der Waals surface area contributed by atoms with Crippen LogP contribution < -0.4 is 4.90 Å². The predicted molar refractivity (Wildman–Crippen MR) is 269 cm³/mol. The molecule has 0 bridgehead atoms. The molecule has 0 amide bonds. The minimum absolute atomic E-state index is 0.845. The van der Waals surface area contributed by atoms with E-state index in [9.17, 15) is 0 Å². The molecule has 0 atom stereocenters. The molecule has 64 heavy (non-hydrogen) atoms. The highest BCUT2D eigenvalue weighted by molar-refractivity contribution is 6.18. The number of anilines is 3. The summed E-state index contributed by atoms with van der Waals surface area (Å²) in [6.07, 6.45) is 0. The lowest BCUT2D eigenvalue weighted by Crippen LogP contribution is -2.13. The molecule has 0 saturated carbocycles. The lowest BCUT2D eigenvalue weighted by molar-refractivity contribution is 0.670. The maximum absolute atomic E-state index is 7.11. The molecule has 0 saturated heterocycles. The summed E-state index contributed by atoms with van der Waals surface area (Å²) in [6, 6.07) is 85.1. The zero-order valence-corrected chi connectivity index (χ0v) is 35.3. The molecule has 10 aromatic carbocycles. The van der Waals surface area contributed by atoms with Crippen LogP contribution in [0.3, 0.4) is 0 Å². The van der Waals surface area contributed by atoms with Gasteiger partial charge in [-0.1, -0.05) is 176 Å². The number of aromatic nitrogens is 1. The number of hydrogen-bond donors (Lipinski definition) is 0. The molecule has 0 radical (unpaired) electrons. The first-order valence-electron chi connectivity index (χ1n) is 21.9. The van der Waals surface area contributed by atoms with Gasteiger partial charge in [-0.15, -0.1) is 0 Å². The van der Waals surface area contributed by atoms with Crippen molar-refractivity contribution in [2.75, 3.05) is 4.90 Å². The van der Waals surface area contributed by atoms with Crippen LogP contribution >= 0.6 is 0 Å². The standard InChI is InChI=1S/C61H42N2O/c1-41-39-45(42-19-5-2-6-20-42)33-36-53(41)62(57-37-34-46(43-21-7-3-8-22-43)40-52(57)44-23-9-4-10-24-44)58-38-35-50(61-60(58)51-28-14-18-32-59(51)64-61)49-27-13-17-31-56(49)63-54-29-15-11-25-47(54)48-26-12-16-30-55(48)63/h2-40H,1H3. The number of para-hydroxylation sites is 4. The summed E-state index contributed by atoms with van der Waals surface area (Å²) in [5, 5.41) is 4.58. The van der Waals surface area contributed by atoms with Crippen molar-refractivity contribution in [3.8, 4) is 50.2 Å². The molecular weight excluding hydrogens is 777 g/mol. The molecule has 0 spiro atoms. The van der Waals surface area contributed by atoms with Gasteiger partial charge in [-0.05, 0) is 101 Å². The Balaban J connectivity index is 1.15. The summed E-state index contributed by atoms with van der Waals surface area (Å²) in [6.45, 7) is 2.23. The Labute approximate surface area is 372 Å². The van der Waals surface area contributed by atoms with E-state index in [0.29, 0.717) is 0 Å².